The maximum Gasteiger partial charge on any atom is 0.233 e. The summed E-state index contributed by atoms with van der Waals surface area (Å²) in [6.07, 6.45) is 3.63. The van der Waals surface area contributed by atoms with Crippen LogP contribution in [0, 0.1) is 0 Å². The van der Waals surface area contributed by atoms with Crippen molar-refractivity contribution < 1.29 is 4.79 Å². The van der Waals surface area contributed by atoms with Gasteiger partial charge in [0.05, 0.1) is 5.75 Å². The van der Waals surface area contributed by atoms with Crippen molar-refractivity contribution >= 4 is 35.1 Å². The number of nitrogens with zero attached hydrogens (tertiary/aromatic N) is 5. The van der Waals surface area contributed by atoms with Gasteiger partial charge in [-0.1, -0.05) is 53.7 Å². The zero-order chi connectivity index (χ0) is 20.8. The Morgan fingerprint density at radius 3 is 2.43 bits per heavy atom. The van der Waals surface area contributed by atoms with Gasteiger partial charge < -0.3 is 9.80 Å². The molecule has 30 heavy (non-hydrogen) atoms. The molecule has 4 rings (SSSR count). The van der Waals surface area contributed by atoms with Crippen LogP contribution in [0.25, 0.3) is 0 Å². The Balaban J connectivity index is 1.26. The molecule has 1 amide bonds. The van der Waals surface area contributed by atoms with Crippen molar-refractivity contribution in [3.05, 3.63) is 47.1 Å². The molecule has 2 aliphatic rings. The highest BCUT2D eigenvalue weighted by Crippen LogP contribution is 2.24. The Bertz CT molecular complexity index is 839. The highest BCUT2D eigenvalue weighted by atomic mass is 35.5. The Hall–Kier alpha value is -1.83. The summed E-state index contributed by atoms with van der Waals surface area (Å²) in [6, 6.07) is 12.3. The lowest BCUT2D eigenvalue weighted by molar-refractivity contribution is -0.130. The van der Waals surface area contributed by atoms with Crippen molar-refractivity contribution in [3.8, 4) is 0 Å². The summed E-state index contributed by atoms with van der Waals surface area (Å²) in [5, 5.41) is 1.02. The normalized spacial score (nSPS) is 17.9. The lowest BCUT2D eigenvalue weighted by Crippen LogP contribution is -2.48. The molecule has 3 heterocycles. The molecule has 2 aromatic rings. The second kappa shape index (κ2) is 10.5. The van der Waals surface area contributed by atoms with E-state index in [4.69, 9.17) is 11.6 Å². The molecule has 0 N–H and O–H groups in total. The van der Waals surface area contributed by atoms with Gasteiger partial charge in [0.2, 0.25) is 5.91 Å². The van der Waals surface area contributed by atoms with Crippen molar-refractivity contribution in [3.63, 3.8) is 0 Å². The van der Waals surface area contributed by atoms with Gasteiger partial charge in [-0.25, -0.2) is 9.97 Å². The Labute approximate surface area is 187 Å². The van der Waals surface area contributed by atoms with Gasteiger partial charge in [0.25, 0.3) is 0 Å². The van der Waals surface area contributed by atoms with E-state index in [-0.39, 0.29) is 5.91 Å². The quantitative estimate of drug-likeness (QED) is 0.385. The van der Waals surface area contributed by atoms with E-state index in [1.54, 1.807) is 0 Å². The minimum atomic E-state index is 0.141. The molecule has 6 nitrogen and oxygen atoms in total. The minimum absolute atomic E-state index is 0.141. The fraction of sp³-hybridized carbons (Fsp3) is 0.500. The van der Waals surface area contributed by atoms with Crippen molar-refractivity contribution in [2.75, 3.05) is 49.9 Å². The number of hydrogen-bond donors (Lipinski definition) is 0. The van der Waals surface area contributed by atoms with Gasteiger partial charge in [0.1, 0.15) is 11.0 Å². The van der Waals surface area contributed by atoms with E-state index in [1.807, 2.05) is 17.0 Å². The van der Waals surface area contributed by atoms with Crippen LogP contribution in [0.4, 0.5) is 5.82 Å². The van der Waals surface area contributed by atoms with Crippen LogP contribution in [-0.4, -0.2) is 70.7 Å². The molecule has 0 spiro atoms. The van der Waals surface area contributed by atoms with Crippen LogP contribution in [-0.2, 0) is 11.3 Å². The van der Waals surface area contributed by atoms with Crippen molar-refractivity contribution in [1.29, 1.82) is 0 Å². The Kier molecular flexibility index (Phi) is 7.47. The number of anilines is 1. The number of thioether (sulfide) groups is 1. The predicted octanol–water partition coefficient (Wildman–Crippen LogP) is 3.56. The number of benzene rings is 1. The first-order valence-electron chi connectivity index (χ1n) is 10.6. The third-order valence-corrected chi connectivity index (χ3v) is 6.67. The number of rotatable bonds is 6. The highest BCUT2D eigenvalue weighted by Gasteiger charge is 2.22. The molecule has 0 aliphatic carbocycles. The van der Waals surface area contributed by atoms with E-state index in [2.05, 4.69) is 44.0 Å². The number of hydrogen-bond acceptors (Lipinski definition) is 6. The van der Waals surface area contributed by atoms with E-state index in [9.17, 15) is 4.79 Å². The lowest BCUT2D eigenvalue weighted by Gasteiger charge is -2.34. The summed E-state index contributed by atoms with van der Waals surface area (Å²) >= 11 is 7.60. The topological polar surface area (TPSA) is 52.6 Å². The van der Waals surface area contributed by atoms with E-state index in [0.29, 0.717) is 16.1 Å². The number of amides is 1. The number of piperidine rings is 1. The summed E-state index contributed by atoms with van der Waals surface area (Å²) in [4.78, 5) is 28.3. The molecule has 2 aliphatic heterocycles. The van der Waals surface area contributed by atoms with Crippen LogP contribution >= 0.6 is 23.4 Å². The van der Waals surface area contributed by atoms with Gasteiger partial charge >= 0.3 is 0 Å². The third kappa shape index (κ3) is 5.86. The van der Waals surface area contributed by atoms with Crippen LogP contribution in [0.2, 0.25) is 5.15 Å². The van der Waals surface area contributed by atoms with E-state index >= 15 is 0 Å². The van der Waals surface area contributed by atoms with Gasteiger partial charge in [0.15, 0.2) is 5.16 Å². The molecule has 0 radical (unpaired) electrons. The van der Waals surface area contributed by atoms with E-state index < -0.39 is 0 Å². The van der Waals surface area contributed by atoms with Crippen LogP contribution in [0.1, 0.15) is 24.8 Å². The molecule has 0 saturated carbocycles. The summed E-state index contributed by atoms with van der Waals surface area (Å²) in [5.41, 5.74) is 1.32. The molecule has 0 bridgehead atoms. The van der Waals surface area contributed by atoms with E-state index in [1.165, 1.54) is 36.6 Å². The summed E-state index contributed by atoms with van der Waals surface area (Å²) in [7, 11) is 0. The van der Waals surface area contributed by atoms with Gasteiger partial charge in [-0.2, -0.15) is 0 Å². The van der Waals surface area contributed by atoms with E-state index in [0.717, 1.165) is 51.6 Å². The molecule has 1 aromatic carbocycles. The first kappa shape index (κ1) is 21.4. The molecular weight excluding hydrogens is 418 g/mol. The number of halogens is 1. The first-order chi connectivity index (χ1) is 14.7. The molecule has 0 unspecified atom stereocenters. The fourth-order valence-corrected chi connectivity index (χ4v) is 4.93. The maximum atomic E-state index is 12.7. The van der Waals surface area contributed by atoms with Crippen LogP contribution < -0.4 is 4.90 Å². The summed E-state index contributed by atoms with van der Waals surface area (Å²) in [5.74, 6) is 1.36. The largest absolute Gasteiger partial charge is 0.356 e. The van der Waals surface area contributed by atoms with Crippen LogP contribution in [0.15, 0.2) is 41.6 Å². The standard InChI is InChI=1S/C22H28ClN5OS/c23-19-15-20(27-9-5-2-6-10-27)25-22(24-19)30-17-21(29)28-13-11-26(12-14-28)16-18-7-3-1-4-8-18/h1,3-4,7-8,15H,2,5-6,9-14,16-17H2. The average molecular weight is 446 g/mol. The number of piperazine rings is 1. The lowest BCUT2D eigenvalue weighted by atomic mass is 10.1. The fourth-order valence-electron chi connectivity index (χ4n) is 3.95. The maximum absolute atomic E-state index is 12.7. The Morgan fingerprint density at radius 1 is 0.967 bits per heavy atom. The molecule has 2 saturated heterocycles. The second-order valence-corrected chi connectivity index (χ2v) is 9.14. The van der Waals surface area contributed by atoms with Crippen molar-refractivity contribution in [1.82, 2.24) is 19.8 Å². The van der Waals surface area contributed by atoms with Crippen molar-refractivity contribution in [2.45, 2.75) is 31.0 Å². The monoisotopic (exact) mass is 445 g/mol. The van der Waals surface area contributed by atoms with Gasteiger partial charge in [-0.15, -0.1) is 0 Å². The van der Waals surface area contributed by atoms with Gasteiger partial charge in [0, 0.05) is 51.9 Å². The average Bonchev–Trinajstić information content (AvgIpc) is 2.79. The first-order valence-corrected chi connectivity index (χ1v) is 12.0. The third-order valence-electron chi connectivity index (χ3n) is 5.64. The highest BCUT2D eigenvalue weighted by molar-refractivity contribution is 7.99. The van der Waals surface area contributed by atoms with Crippen LogP contribution in [0.5, 0.6) is 0 Å². The molecule has 160 valence electrons. The van der Waals surface area contributed by atoms with Gasteiger partial charge in [-0.05, 0) is 24.8 Å². The molecule has 1 aromatic heterocycles. The minimum Gasteiger partial charge on any atom is -0.356 e. The number of aromatic nitrogens is 2. The SMILES string of the molecule is O=C(CSc1nc(Cl)cc(N2CCCCC2)n1)N1CCN(Cc2ccccc2)CC1. The summed E-state index contributed by atoms with van der Waals surface area (Å²) < 4.78 is 0. The number of carbonyl (C=O) groups excluding carboxylic acids is 1. The summed E-state index contributed by atoms with van der Waals surface area (Å²) in [6.45, 7) is 6.28. The zero-order valence-corrected chi connectivity index (χ0v) is 18.7. The number of carbonyl (C=O) groups is 1. The smallest absolute Gasteiger partial charge is 0.233 e. The van der Waals surface area contributed by atoms with Crippen molar-refractivity contribution in [2.24, 2.45) is 0 Å². The van der Waals surface area contributed by atoms with Crippen LogP contribution in [0.3, 0.4) is 0 Å². The molecule has 2 fully saturated rings. The van der Waals surface area contributed by atoms with Gasteiger partial charge in [-0.3, -0.25) is 9.69 Å². The Morgan fingerprint density at radius 2 is 1.70 bits per heavy atom. The molecule has 8 heteroatoms. The predicted molar refractivity (Wildman–Crippen MR) is 122 cm³/mol. The zero-order valence-electron chi connectivity index (χ0n) is 17.2. The molecule has 0 atom stereocenters. The molecular formula is C22H28ClN5OS. The second-order valence-electron chi connectivity index (χ2n) is 7.81.